The number of ether oxygens (including phenoxy) is 1. The van der Waals surface area contributed by atoms with Crippen molar-refractivity contribution in [2.24, 2.45) is 0 Å². The SMILES string of the molecule is Nc1nc(N)c(C(=O)OCc2ccccc2)nc1Cl. The maximum Gasteiger partial charge on any atom is 0.361 e. The highest BCUT2D eigenvalue weighted by molar-refractivity contribution is 6.31. The highest BCUT2D eigenvalue weighted by Gasteiger charge is 2.17. The molecule has 98 valence electrons. The lowest BCUT2D eigenvalue weighted by Crippen LogP contribution is -2.13. The van der Waals surface area contributed by atoms with Crippen molar-refractivity contribution in [3.05, 3.63) is 46.7 Å². The van der Waals surface area contributed by atoms with Gasteiger partial charge in [-0.2, -0.15) is 0 Å². The van der Waals surface area contributed by atoms with E-state index in [1.165, 1.54) is 0 Å². The maximum absolute atomic E-state index is 11.8. The van der Waals surface area contributed by atoms with E-state index in [4.69, 9.17) is 27.8 Å². The predicted octanol–water partition coefficient (Wildman–Crippen LogP) is 1.65. The molecule has 4 N–H and O–H groups in total. The summed E-state index contributed by atoms with van der Waals surface area (Å²) < 4.78 is 5.07. The number of nitrogens with zero attached hydrogens (tertiary/aromatic N) is 2. The minimum absolute atomic E-state index is 0.0289. The van der Waals surface area contributed by atoms with Crippen LogP contribution in [0.25, 0.3) is 0 Å². The number of anilines is 2. The van der Waals surface area contributed by atoms with Crippen molar-refractivity contribution < 1.29 is 9.53 Å². The second-order valence-electron chi connectivity index (χ2n) is 3.70. The molecule has 0 saturated heterocycles. The number of nitrogens with two attached hydrogens (primary N) is 2. The number of halogens is 1. The molecule has 0 saturated carbocycles. The predicted molar refractivity (Wildman–Crippen MR) is 71.4 cm³/mol. The standard InChI is InChI=1S/C12H11ClN4O2/c13-9-11(15)17-10(14)8(16-9)12(18)19-6-7-4-2-1-3-5-7/h1-5H,6H2,(H4,14,15,17). The van der Waals surface area contributed by atoms with Crippen LogP contribution in [0.3, 0.4) is 0 Å². The quantitative estimate of drug-likeness (QED) is 0.827. The van der Waals surface area contributed by atoms with Crippen molar-refractivity contribution in [2.75, 3.05) is 11.5 Å². The van der Waals surface area contributed by atoms with Crippen LogP contribution in [0.2, 0.25) is 5.15 Å². The summed E-state index contributed by atoms with van der Waals surface area (Å²) in [6.45, 7) is 0.114. The van der Waals surface area contributed by atoms with Crippen molar-refractivity contribution in [1.29, 1.82) is 0 Å². The molecule has 7 heteroatoms. The van der Waals surface area contributed by atoms with Gasteiger partial charge in [0, 0.05) is 0 Å². The van der Waals surface area contributed by atoms with E-state index >= 15 is 0 Å². The zero-order valence-electron chi connectivity index (χ0n) is 9.84. The Labute approximate surface area is 114 Å². The van der Waals surface area contributed by atoms with E-state index in [1.54, 1.807) is 0 Å². The first-order valence-electron chi connectivity index (χ1n) is 5.37. The Morgan fingerprint density at radius 2 is 1.84 bits per heavy atom. The van der Waals surface area contributed by atoms with Crippen LogP contribution in [-0.2, 0) is 11.3 Å². The molecule has 0 fully saturated rings. The summed E-state index contributed by atoms with van der Waals surface area (Å²) >= 11 is 5.69. The number of carbonyl (C=O) groups is 1. The highest BCUT2D eigenvalue weighted by Crippen LogP contribution is 2.18. The lowest BCUT2D eigenvalue weighted by Gasteiger charge is -2.07. The Bertz CT molecular complexity index is 604. The molecule has 2 rings (SSSR count). The zero-order chi connectivity index (χ0) is 13.8. The third-order valence-electron chi connectivity index (χ3n) is 2.31. The largest absolute Gasteiger partial charge is 0.456 e. The Kier molecular flexibility index (Phi) is 3.82. The highest BCUT2D eigenvalue weighted by atomic mass is 35.5. The molecule has 0 aliphatic rings. The van der Waals surface area contributed by atoms with Gasteiger partial charge in [-0.1, -0.05) is 41.9 Å². The van der Waals surface area contributed by atoms with E-state index in [1.807, 2.05) is 30.3 Å². The van der Waals surface area contributed by atoms with Crippen LogP contribution < -0.4 is 11.5 Å². The molecular weight excluding hydrogens is 268 g/mol. The molecule has 0 aliphatic heterocycles. The minimum Gasteiger partial charge on any atom is -0.456 e. The molecule has 1 heterocycles. The average molecular weight is 279 g/mol. The molecule has 1 aromatic heterocycles. The molecule has 1 aromatic carbocycles. The molecule has 0 unspecified atom stereocenters. The fourth-order valence-electron chi connectivity index (χ4n) is 1.38. The molecular formula is C12H11ClN4O2. The van der Waals surface area contributed by atoms with Crippen molar-refractivity contribution >= 4 is 29.2 Å². The van der Waals surface area contributed by atoms with Gasteiger partial charge in [0.05, 0.1) is 0 Å². The van der Waals surface area contributed by atoms with Crippen molar-refractivity contribution in [3.8, 4) is 0 Å². The minimum atomic E-state index is -0.698. The smallest absolute Gasteiger partial charge is 0.361 e. The van der Waals surface area contributed by atoms with Gasteiger partial charge in [-0.15, -0.1) is 0 Å². The molecule has 6 nitrogen and oxygen atoms in total. The van der Waals surface area contributed by atoms with Gasteiger partial charge >= 0.3 is 5.97 Å². The molecule has 2 aromatic rings. The van der Waals surface area contributed by atoms with E-state index in [9.17, 15) is 4.79 Å². The summed E-state index contributed by atoms with van der Waals surface area (Å²) in [5.41, 5.74) is 11.7. The lowest BCUT2D eigenvalue weighted by molar-refractivity contribution is 0.0467. The summed E-state index contributed by atoms with van der Waals surface area (Å²) in [6.07, 6.45) is 0. The van der Waals surface area contributed by atoms with Crippen molar-refractivity contribution in [3.63, 3.8) is 0 Å². The number of hydrogen-bond acceptors (Lipinski definition) is 6. The Morgan fingerprint density at radius 1 is 1.16 bits per heavy atom. The first-order chi connectivity index (χ1) is 9.08. The monoisotopic (exact) mass is 278 g/mol. The van der Waals surface area contributed by atoms with Crippen LogP contribution in [0.15, 0.2) is 30.3 Å². The first-order valence-corrected chi connectivity index (χ1v) is 5.75. The summed E-state index contributed by atoms with van der Waals surface area (Å²) in [4.78, 5) is 19.3. The van der Waals surface area contributed by atoms with E-state index in [2.05, 4.69) is 9.97 Å². The number of nitrogen functional groups attached to an aromatic ring is 2. The first kappa shape index (κ1) is 13.1. The number of rotatable bonds is 3. The maximum atomic E-state index is 11.8. The van der Waals surface area contributed by atoms with Crippen LogP contribution in [0.1, 0.15) is 16.1 Å². The van der Waals surface area contributed by atoms with E-state index in [-0.39, 0.29) is 29.1 Å². The number of benzene rings is 1. The fourth-order valence-corrected chi connectivity index (χ4v) is 1.51. The van der Waals surface area contributed by atoms with Crippen LogP contribution in [0.5, 0.6) is 0 Å². The topological polar surface area (TPSA) is 104 Å². The Morgan fingerprint density at radius 3 is 2.53 bits per heavy atom. The molecule has 0 bridgehead atoms. The Balaban J connectivity index is 2.10. The van der Waals surface area contributed by atoms with Gasteiger partial charge in [0.25, 0.3) is 0 Å². The van der Waals surface area contributed by atoms with Crippen LogP contribution in [0, 0.1) is 0 Å². The molecule has 0 atom stereocenters. The van der Waals surface area contributed by atoms with Gasteiger partial charge in [0.2, 0.25) is 0 Å². The second kappa shape index (κ2) is 5.53. The van der Waals surface area contributed by atoms with Crippen molar-refractivity contribution in [1.82, 2.24) is 9.97 Å². The fraction of sp³-hybridized carbons (Fsp3) is 0.0833. The van der Waals surface area contributed by atoms with E-state index in [0.29, 0.717) is 0 Å². The van der Waals surface area contributed by atoms with E-state index in [0.717, 1.165) is 5.56 Å². The van der Waals surface area contributed by atoms with Gasteiger partial charge in [-0.05, 0) is 5.56 Å². The average Bonchev–Trinajstić information content (AvgIpc) is 2.41. The van der Waals surface area contributed by atoms with Crippen molar-refractivity contribution in [2.45, 2.75) is 6.61 Å². The number of carbonyl (C=O) groups excluding carboxylic acids is 1. The Hall–Kier alpha value is -2.34. The molecule has 0 aliphatic carbocycles. The second-order valence-corrected chi connectivity index (χ2v) is 4.05. The third-order valence-corrected chi connectivity index (χ3v) is 2.59. The summed E-state index contributed by atoms with van der Waals surface area (Å²) in [5.74, 6) is -0.838. The third kappa shape index (κ3) is 3.11. The van der Waals surface area contributed by atoms with Gasteiger partial charge in [0.15, 0.2) is 22.5 Å². The summed E-state index contributed by atoms with van der Waals surface area (Å²) in [7, 11) is 0. The zero-order valence-corrected chi connectivity index (χ0v) is 10.6. The normalized spacial score (nSPS) is 10.2. The van der Waals surface area contributed by atoms with Gasteiger partial charge in [0.1, 0.15) is 6.61 Å². The van der Waals surface area contributed by atoms with Gasteiger partial charge in [-0.25, -0.2) is 14.8 Å². The summed E-state index contributed by atoms with van der Waals surface area (Å²) in [5, 5.41) is -0.0825. The molecule has 0 spiro atoms. The van der Waals surface area contributed by atoms with Crippen LogP contribution in [-0.4, -0.2) is 15.9 Å². The molecule has 19 heavy (non-hydrogen) atoms. The van der Waals surface area contributed by atoms with Gasteiger partial charge in [-0.3, -0.25) is 0 Å². The summed E-state index contributed by atoms with van der Waals surface area (Å²) in [6, 6.07) is 9.22. The number of aromatic nitrogens is 2. The van der Waals surface area contributed by atoms with E-state index < -0.39 is 5.97 Å². The van der Waals surface area contributed by atoms with Gasteiger partial charge < -0.3 is 16.2 Å². The molecule has 0 radical (unpaired) electrons. The van der Waals surface area contributed by atoms with Crippen LogP contribution in [0.4, 0.5) is 11.6 Å². The lowest BCUT2D eigenvalue weighted by atomic mass is 10.2. The molecule has 0 amide bonds. The number of hydrogen-bond donors (Lipinski definition) is 2. The number of esters is 1. The van der Waals surface area contributed by atoms with Crippen LogP contribution >= 0.6 is 11.6 Å².